The van der Waals surface area contributed by atoms with Gasteiger partial charge in [-0.15, -0.1) is 0 Å². The summed E-state index contributed by atoms with van der Waals surface area (Å²) in [6, 6.07) is 0. The fourth-order valence-electron chi connectivity index (χ4n) is 2.36. The number of rotatable bonds is 4. The van der Waals surface area contributed by atoms with E-state index in [1.54, 1.807) is 0 Å². The average molecular weight is 254 g/mol. The summed E-state index contributed by atoms with van der Waals surface area (Å²) in [6.07, 6.45) is 4.45. The zero-order valence-corrected chi connectivity index (χ0v) is 10.6. The van der Waals surface area contributed by atoms with Crippen LogP contribution >= 0.6 is 0 Å². The second kappa shape index (κ2) is 5.95. The first-order valence-electron chi connectivity index (χ1n) is 6.26. The van der Waals surface area contributed by atoms with Gasteiger partial charge in [0.2, 0.25) is 11.8 Å². The SMILES string of the molecule is COc1nc(N2CCC[C@H](CCN)C2)ncc1F. The Morgan fingerprint density at radius 1 is 1.61 bits per heavy atom. The number of anilines is 1. The highest BCUT2D eigenvalue weighted by Gasteiger charge is 2.22. The number of piperidine rings is 1. The van der Waals surface area contributed by atoms with Crippen molar-refractivity contribution in [2.45, 2.75) is 19.3 Å². The van der Waals surface area contributed by atoms with Gasteiger partial charge >= 0.3 is 0 Å². The molecule has 0 unspecified atom stereocenters. The maximum Gasteiger partial charge on any atom is 0.255 e. The van der Waals surface area contributed by atoms with E-state index in [0.29, 0.717) is 18.4 Å². The van der Waals surface area contributed by atoms with Crippen LogP contribution < -0.4 is 15.4 Å². The minimum Gasteiger partial charge on any atom is -0.479 e. The molecule has 1 fully saturated rings. The van der Waals surface area contributed by atoms with E-state index in [2.05, 4.69) is 14.9 Å². The lowest BCUT2D eigenvalue weighted by atomic mass is 9.95. The van der Waals surface area contributed by atoms with Crippen molar-refractivity contribution in [2.75, 3.05) is 31.6 Å². The molecule has 0 saturated carbocycles. The van der Waals surface area contributed by atoms with Gasteiger partial charge in [0.05, 0.1) is 13.3 Å². The van der Waals surface area contributed by atoms with Crippen molar-refractivity contribution in [1.29, 1.82) is 0 Å². The van der Waals surface area contributed by atoms with Gasteiger partial charge in [-0.3, -0.25) is 0 Å². The zero-order chi connectivity index (χ0) is 13.0. The lowest BCUT2D eigenvalue weighted by molar-refractivity contribution is 0.362. The Kier molecular flexibility index (Phi) is 4.30. The van der Waals surface area contributed by atoms with Crippen LogP contribution in [0.4, 0.5) is 10.3 Å². The molecule has 1 aromatic rings. The second-order valence-electron chi connectivity index (χ2n) is 4.56. The van der Waals surface area contributed by atoms with Gasteiger partial charge in [-0.25, -0.2) is 4.98 Å². The number of nitrogens with zero attached hydrogens (tertiary/aromatic N) is 3. The second-order valence-corrected chi connectivity index (χ2v) is 4.56. The molecule has 0 spiro atoms. The Hall–Kier alpha value is -1.43. The Bertz CT molecular complexity index is 400. The Balaban J connectivity index is 2.10. The van der Waals surface area contributed by atoms with Crippen LogP contribution in [0.25, 0.3) is 0 Å². The number of nitrogens with two attached hydrogens (primary N) is 1. The largest absolute Gasteiger partial charge is 0.479 e. The highest BCUT2D eigenvalue weighted by Crippen LogP contribution is 2.24. The summed E-state index contributed by atoms with van der Waals surface area (Å²) < 4.78 is 18.1. The monoisotopic (exact) mass is 254 g/mol. The molecule has 6 heteroatoms. The van der Waals surface area contributed by atoms with Crippen molar-refractivity contribution in [2.24, 2.45) is 11.7 Å². The summed E-state index contributed by atoms with van der Waals surface area (Å²) in [5.41, 5.74) is 5.59. The van der Waals surface area contributed by atoms with Crippen LogP contribution in [-0.4, -0.2) is 36.7 Å². The third kappa shape index (κ3) is 2.87. The molecule has 2 heterocycles. The quantitative estimate of drug-likeness (QED) is 0.874. The van der Waals surface area contributed by atoms with E-state index in [1.807, 2.05) is 0 Å². The lowest BCUT2D eigenvalue weighted by Gasteiger charge is -2.32. The Morgan fingerprint density at radius 3 is 3.17 bits per heavy atom. The molecule has 0 aliphatic carbocycles. The predicted molar refractivity (Wildman–Crippen MR) is 67.2 cm³/mol. The summed E-state index contributed by atoms with van der Waals surface area (Å²) in [5, 5.41) is 0. The molecule has 5 nitrogen and oxygen atoms in total. The summed E-state index contributed by atoms with van der Waals surface area (Å²) in [5.74, 6) is 0.580. The highest BCUT2D eigenvalue weighted by molar-refractivity contribution is 5.33. The molecule has 1 saturated heterocycles. The van der Waals surface area contributed by atoms with E-state index >= 15 is 0 Å². The first-order chi connectivity index (χ1) is 8.74. The minimum atomic E-state index is -0.531. The Morgan fingerprint density at radius 2 is 2.44 bits per heavy atom. The fourth-order valence-corrected chi connectivity index (χ4v) is 2.36. The first-order valence-corrected chi connectivity index (χ1v) is 6.26. The molecule has 0 radical (unpaired) electrons. The van der Waals surface area contributed by atoms with E-state index in [-0.39, 0.29) is 5.88 Å². The zero-order valence-electron chi connectivity index (χ0n) is 10.6. The van der Waals surface area contributed by atoms with Gasteiger partial charge in [0.25, 0.3) is 5.88 Å². The van der Waals surface area contributed by atoms with Crippen LogP contribution in [0, 0.1) is 11.7 Å². The number of halogens is 1. The number of methoxy groups -OCH3 is 1. The van der Waals surface area contributed by atoms with Crippen molar-refractivity contribution >= 4 is 5.95 Å². The smallest absolute Gasteiger partial charge is 0.255 e. The number of hydrogen-bond acceptors (Lipinski definition) is 5. The summed E-state index contributed by atoms with van der Waals surface area (Å²) in [4.78, 5) is 10.2. The van der Waals surface area contributed by atoms with E-state index in [1.165, 1.54) is 13.5 Å². The van der Waals surface area contributed by atoms with Crippen molar-refractivity contribution in [1.82, 2.24) is 9.97 Å². The van der Waals surface area contributed by atoms with E-state index in [0.717, 1.165) is 32.1 Å². The van der Waals surface area contributed by atoms with E-state index < -0.39 is 5.82 Å². The molecule has 0 bridgehead atoms. The van der Waals surface area contributed by atoms with Gasteiger partial charge in [0.15, 0.2) is 0 Å². The average Bonchev–Trinajstić information content (AvgIpc) is 2.40. The van der Waals surface area contributed by atoms with Crippen molar-refractivity contribution in [3.8, 4) is 5.88 Å². The van der Waals surface area contributed by atoms with Gasteiger partial charge in [-0.05, 0) is 31.7 Å². The molecule has 1 aliphatic heterocycles. The molecule has 18 heavy (non-hydrogen) atoms. The third-order valence-electron chi connectivity index (χ3n) is 3.27. The van der Waals surface area contributed by atoms with Crippen LogP contribution in [0.5, 0.6) is 5.88 Å². The molecule has 1 atom stereocenters. The van der Waals surface area contributed by atoms with Crippen LogP contribution in [0.2, 0.25) is 0 Å². The maximum atomic E-state index is 13.2. The summed E-state index contributed by atoms with van der Waals surface area (Å²) >= 11 is 0. The fraction of sp³-hybridized carbons (Fsp3) is 0.667. The van der Waals surface area contributed by atoms with E-state index in [9.17, 15) is 4.39 Å². The summed E-state index contributed by atoms with van der Waals surface area (Å²) in [7, 11) is 1.41. The van der Waals surface area contributed by atoms with E-state index in [4.69, 9.17) is 10.5 Å². The molecule has 2 N–H and O–H groups in total. The molecule has 0 amide bonds. The highest BCUT2D eigenvalue weighted by atomic mass is 19.1. The molecule has 0 aromatic carbocycles. The van der Waals surface area contributed by atoms with Gasteiger partial charge in [-0.2, -0.15) is 9.37 Å². The standard InChI is InChI=1S/C12H19FN4O/c1-18-11-10(13)7-15-12(16-11)17-6-2-3-9(8-17)4-5-14/h7,9H,2-6,8,14H2,1H3/t9-/m1/s1. The Labute approximate surface area is 106 Å². The molecular formula is C12H19FN4O. The summed E-state index contributed by atoms with van der Waals surface area (Å²) in [6.45, 7) is 2.48. The van der Waals surface area contributed by atoms with Crippen LogP contribution in [0.15, 0.2) is 6.20 Å². The molecule has 2 rings (SSSR count). The van der Waals surface area contributed by atoms with Crippen molar-refractivity contribution in [3.63, 3.8) is 0 Å². The van der Waals surface area contributed by atoms with Gasteiger partial charge < -0.3 is 15.4 Å². The van der Waals surface area contributed by atoms with Crippen LogP contribution in [-0.2, 0) is 0 Å². The number of ether oxygens (including phenoxy) is 1. The minimum absolute atomic E-state index is 0.000878. The maximum absolute atomic E-state index is 13.2. The van der Waals surface area contributed by atoms with Gasteiger partial charge in [0, 0.05) is 13.1 Å². The van der Waals surface area contributed by atoms with Gasteiger partial charge in [-0.1, -0.05) is 0 Å². The molecule has 100 valence electrons. The molecular weight excluding hydrogens is 235 g/mol. The predicted octanol–water partition coefficient (Wildman–Crippen LogP) is 1.19. The van der Waals surface area contributed by atoms with Crippen LogP contribution in [0.1, 0.15) is 19.3 Å². The molecule has 1 aromatic heterocycles. The number of aromatic nitrogens is 2. The topological polar surface area (TPSA) is 64.3 Å². The molecule has 1 aliphatic rings. The lowest BCUT2D eigenvalue weighted by Crippen LogP contribution is -2.37. The van der Waals surface area contributed by atoms with Gasteiger partial charge in [0.1, 0.15) is 0 Å². The first kappa shape index (κ1) is 13.0. The van der Waals surface area contributed by atoms with Crippen LogP contribution in [0.3, 0.4) is 0 Å². The number of hydrogen-bond donors (Lipinski definition) is 1. The van der Waals surface area contributed by atoms with Crippen molar-refractivity contribution in [3.05, 3.63) is 12.0 Å². The van der Waals surface area contributed by atoms with Crippen molar-refractivity contribution < 1.29 is 9.13 Å². The third-order valence-corrected chi connectivity index (χ3v) is 3.27. The normalized spacial score (nSPS) is 19.9.